The van der Waals surface area contributed by atoms with Gasteiger partial charge in [0.2, 0.25) is 0 Å². The molecule has 1 aromatic rings. The summed E-state index contributed by atoms with van der Waals surface area (Å²) in [6.07, 6.45) is 4.04. The molecule has 0 bridgehead atoms. The fraction of sp³-hybridized carbons (Fsp3) is 0.727. The van der Waals surface area contributed by atoms with Crippen molar-refractivity contribution in [2.24, 2.45) is 7.05 Å². The highest BCUT2D eigenvalue weighted by molar-refractivity contribution is 4.99. The Morgan fingerprint density at radius 1 is 1.60 bits per heavy atom. The zero-order chi connectivity index (χ0) is 11.1. The third-order valence-electron chi connectivity index (χ3n) is 2.44. The van der Waals surface area contributed by atoms with Crippen molar-refractivity contribution in [3.05, 3.63) is 18.0 Å². The van der Waals surface area contributed by atoms with Gasteiger partial charge in [-0.25, -0.2) is 0 Å². The van der Waals surface area contributed by atoms with E-state index in [2.05, 4.69) is 23.4 Å². The number of nitrogens with zero attached hydrogens (tertiary/aromatic N) is 2. The van der Waals surface area contributed by atoms with E-state index in [1.165, 1.54) is 0 Å². The second kappa shape index (κ2) is 6.58. The predicted molar refractivity (Wildman–Crippen MR) is 60.9 cm³/mol. The van der Waals surface area contributed by atoms with Crippen LogP contribution in [0.25, 0.3) is 0 Å². The van der Waals surface area contributed by atoms with Crippen LogP contribution in [-0.2, 0) is 18.2 Å². The van der Waals surface area contributed by atoms with Crippen LogP contribution < -0.4 is 5.32 Å². The number of methoxy groups -OCH3 is 1. The summed E-state index contributed by atoms with van der Waals surface area (Å²) >= 11 is 0. The lowest BCUT2D eigenvalue weighted by atomic mass is 10.2. The molecule has 1 atom stereocenters. The Hall–Kier alpha value is -0.870. The van der Waals surface area contributed by atoms with Crippen molar-refractivity contribution in [2.75, 3.05) is 20.3 Å². The van der Waals surface area contributed by atoms with Gasteiger partial charge in [-0.3, -0.25) is 4.68 Å². The molecule has 0 saturated heterocycles. The van der Waals surface area contributed by atoms with Crippen LogP contribution in [0.4, 0.5) is 0 Å². The normalized spacial score (nSPS) is 13.0. The second-order valence-corrected chi connectivity index (χ2v) is 3.75. The SMILES string of the molecule is CCC(COC)NCCc1ccn(C)n1. The van der Waals surface area contributed by atoms with E-state index in [0.29, 0.717) is 6.04 Å². The first-order valence-electron chi connectivity index (χ1n) is 5.47. The number of hydrogen-bond donors (Lipinski definition) is 1. The smallest absolute Gasteiger partial charge is 0.0637 e. The van der Waals surface area contributed by atoms with Crippen LogP contribution in [0.2, 0.25) is 0 Å². The van der Waals surface area contributed by atoms with E-state index < -0.39 is 0 Å². The summed E-state index contributed by atoms with van der Waals surface area (Å²) in [7, 11) is 3.68. The van der Waals surface area contributed by atoms with E-state index in [1.807, 2.05) is 17.9 Å². The molecule has 0 aliphatic rings. The minimum absolute atomic E-state index is 0.457. The Morgan fingerprint density at radius 2 is 2.40 bits per heavy atom. The predicted octanol–water partition coefficient (Wildman–Crippen LogP) is 0.977. The maximum absolute atomic E-state index is 5.12. The van der Waals surface area contributed by atoms with Crippen molar-refractivity contribution in [3.8, 4) is 0 Å². The van der Waals surface area contributed by atoms with Crippen LogP contribution >= 0.6 is 0 Å². The molecule has 0 spiro atoms. The lowest BCUT2D eigenvalue weighted by Gasteiger charge is -2.15. The van der Waals surface area contributed by atoms with Gasteiger partial charge >= 0.3 is 0 Å². The molecule has 4 nitrogen and oxygen atoms in total. The first kappa shape index (κ1) is 12.2. The summed E-state index contributed by atoms with van der Waals surface area (Å²) in [6, 6.07) is 2.51. The third kappa shape index (κ3) is 4.44. The third-order valence-corrected chi connectivity index (χ3v) is 2.44. The van der Waals surface area contributed by atoms with Crippen LogP contribution in [0.15, 0.2) is 12.3 Å². The molecule has 0 saturated carbocycles. The highest BCUT2D eigenvalue weighted by Crippen LogP contribution is 1.96. The molecule has 86 valence electrons. The molecular weight excluding hydrogens is 190 g/mol. The van der Waals surface area contributed by atoms with Crippen LogP contribution in [0.1, 0.15) is 19.0 Å². The fourth-order valence-corrected chi connectivity index (χ4v) is 1.52. The molecule has 4 heteroatoms. The van der Waals surface area contributed by atoms with Crippen LogP contribution in [0.5, 0.6) is 0 Å². The van der Waals surface area contributed by atoms with Gasteiger partial charge in [-0.1, -0.05) is 6.92 Å². The van der Waals surface area contributed by atoms with E-state index in [1.54, 1.807) is 7.11 Å². The molecule has 0 amide bonds. The first-order chi connectivity index (χ1) is 7.26. The summed E-state index contributed by atoms with van der Waals surface area (Å²) in [5, 5.41) is 7.78. The van der Waals surface area contributed by atoms with E-state index in [0.717, 1.165) is 31.7 Å². The molecule has 1 aromatic heterocycles. The number of aryl methyl sites for hydroxylation is 1. The molecule has 1 unspecified atom stereocenters. The quantitative estimate of drug-likeness (QED) is 0.730. The zero-order valence-corrected chi connectivity index (χ0v) is 9.86. The van der Waals surface area contributed by atoms with Crippen LogP contribution in [-0.4, -0.2) is 36.1 Å². The lowest BCUT2D eigenvalue weighted by molar-refractivity contribution is 0.164. The molecule has 0 radical (unpaired) electrons. The van der Waals surface area contributed by atoms with Gasteiger partial charge in [0.1, 0.15) is 0 Å². The van der Waals surface area contributed by atoms with Gasteiger partial charge < -0.3 is 10.1 Å². The molecule has 0 aromatic carbocycles. The van der Waals surface area contributed by atoms with E-state index >= 15 is 0 Å². The topological polar surface area (TPSA) is 39.1 Å². The van der Waals surface area contributed by atoms with Crippen molar-refractivity contribution >= 4 is 0 Å². The Balaban J connectivity index is 2.20. The molecule has 0 aliphatic heterocycles. The molecular formula is C11H21N3O. The van der Waals surface area contributed by atoms with Crippen LogP contribution in [0, 0.1) is 0 Å². The molecule has 0 fully saturated rings. The van der Waals surface area contributed by atoms with Gasteiger partial charge in [-0.2, -0.15) is 5.10 Å². The molecule has 0 aliphatic carbocycles. The average molecular weight is 211 g/mol. The van der Waals surface area contributed by atoms with Crippen molar-refractivity contribution in [1.82, 2.24) is 15.1 Å². The monoisotopic (exact) mass is 211 g/mol. The van der Waals surface area contributed by atoms with Crippen molar-refractivity contribution in [2.45, 2.75) is 25.8 Å². The van der Waals surface area contributed by atoms with E-state index in [4.69, 9.17) is 4.74 Å². The highest BCUT2D eigenvalue weighted by Gasteiger charge is 2.04. The minimum Gasteiger partial charge on any atom is -0.383 e. The van der Waals surface area contributed by atoms with Crippen molar-refractivity contribution < 1.29 is 4.74 Å². The van der Waals surface area contributed by atoms with Gasteiger partial charge in [0.15, 0.2) is 0 Å². The maximum Gasteiger partial charge on any atom is 0.0637 e. The number of nitrogens with one attached hydrogen (secondary N) is 1. The number of hydrogen-bond acceptors (Lipinski definition) is 3. The maximum atomic E-state index is 5.12. The van der Waals surface area contributed by atoms with Gasteiger partial charge in [-0.05, 0) is 12.5 Å². The number of ether oxygens (including phenoxy) is 1. The van der Waals surface area contributed by atoms with Crippen molar-refractivity contribution in [1.29, 1.82) is 0 Å². The van der Waals surface area contributed by atoms with Gasteiger partial charge in [0, 0.05) is 39.4 Å². The minimum atomic E-state index is 0.457. The Kier molecular flexibility index (Phi) is 5.36. The van der Waals surface area contributed by atoms with E-state index in [9.17, 15) is 0 Å². The summed E-state index contributed by atoms with van der Waals surface area (Å²) in [6.45, 7) is 3.90. The highest BCUT2D eigenvalue weighted by atomic mass is 16.5. The standard InChI is InChI=1S/C11H21N3O/c1-4-10(9-15-3)12-7-5-11-6-8-14(2)13-11/h6,8,10,12H,4-5,7,9H2,1-3H3. The zero-order valence-electron chi connectivity index (χ0n) is 9.86. The summed E-state index contributed by atoms with van der Waals surface area (Å²) in [5.74, 6) is 0. The second-order valence-electron chi connectivity index (χ2n) is 3.75. The molecule has 1 heterocycles. The first-order valence-corrected chi connectivity index (χ1v) is 5.47. The van der Waals surface area contributed by atoms with Crippen LogP contribution in [0.3, 0.4) is 0 Å². The summed E-state index contributed by atoms with van der Waals surface area (Å²) < 4.78 is 6.95. The molecule has 1 rings (SSSR count). The lowest BCUT2D eigenvalue weighted by Crippen LogP contribution is -2.34. The van der Waals surface area contributed by atoms with Gasteiger partial charge in [0.05, 0.1) is 12.3 Å². The summed E-state index contributed by atoms with van der Waals surface area (Å²) in [5.41, 5.74) is 1.14. The molecule has 1 N–H and O–H groups in total. The van der Waals surface area contributed by atoms with Crippen molar-refractivity contribution in [3.63, 3.8) is 0 Å². The number of aromatic nitrogens is 2. The van der Waals surface area contributed by atoms with Gasteiger partial charge in [0.25, 0.3) is 0 Å². The summed E-state index contributed by atoms with van der Waals surface area (Å²) in [4.78, 5) is 0. The van der Waals surface area contributed by atoms with Gasteiger partial charge in [-0.15, -0.1) is 0 Å². The number of rotatable bonds is 7. The Bertz CT molecular complexity index is 273. The Labute approximate surface area is 91.6 Å². The Morgan fingerprint density at radius 3 is 2.93 bits per heavy atom. The fourth-order valence-electron chi connectivity index (χ4n) is 1.52. The average Bonchev–Trinajstić information content (AvgIpc) is 2.63. The van der Waals surface area contributed by atoms with E-state index in [-0.39, 0.29) is 0 Å². The molecule has 15 heavy (non-hydrogen) atoms. The largest absolute Gasteiger partial charge is 0.383 e.